The predicted molar refractivity (Wildman–Crippen MR) is 114 cm³/mol. The van der Waals surface area contributed by atoms with Gasteiger partial charge in [0.05, 0.1) is 34.4 Å². The Bertz CT molecular complexity index is 1200. The van der Waals surface area contributed by atoms with Crippen LogP contribution in [0.15, 0.2) is 41.4 Å². The molecule has 0 radical (unpaired) electrons. The topological polar surface area (TPSA) is 113 Å². The summed E-state index contributed by atoms with van der Waals surface area (Å²) in [6, 6.07) is 8.07. The fourth-order valence-electron chi connectivity index (χ4n) is 2.62. The zero-order valence-electron chi connectivity index (χ0n) is 16.1. The summed E-state index contributed by atoms with van der Waals surface area (Å²) in [6.07, 6.45) is 2.76. The van der Waals surface area contributed by atoms with E-state index in [0.29, 0.717) is 28.4 Å². The molecular weight excluding hydrogens is 430 g/mol. The lowest BCUT2D eigenvalue weighted by atomic mass is 10.2. The first kappa shape index (κ1) is 21.6. The molecular formula is C19H17N3O6S2. The van der Waals surface area contributed by atoms with Crippen LogP contribution in [0.1, 0.15) is 15.2 Å². The van der Waals surface area contributed by atoms with Gasteiger partial charge in [-0.3, -0.25) is 14.9 Å². The lowest BCUT2D eigenvalue weighted by Crippen LogP contribution is -2.18. The molecule has 0 saturated carbocycles. The third-order valence-electron chi connectivity index (χ3n) is 4.01. The number of benzene rings is 1. The lowest BCUT2D eigenvalue weighted by molar-refractivity contribution is -0.380. The van der Waals surface area contributed by atoms with Gasteiger partial charge in [0.15, 0.2) is 4.80 Å². The molecule has 0 bridgehead atoms. The summed E-state index contributed by atoms with van der Waals surface area (Å²) in [5.74, 6) is -0.951. The number of aromatic nitrogens is 1. The number of esters is 1. The van der Waals surface area contributed by atoms with Crippen molar-refractivity contribution in [3.63, 3.8) is 0 Å². The summed E-state index contributed by atoms with van der Waals surface area (Å²) in [7, 11) is 2.89. The van der Waals surface area contributed by atoms with Crippen LogP contribution in [0.2, 0.25) is 0 Å². The maximum Gasteiger partial charge on any atom is 0.337 e. The maximum absolute atomic E-state index is 12.4. The van der Waals surface area contributed by atoms with Crippen LogP contribution < -0.4 is 4.80 Å². The van der Waals surface area contributed by atoms with Crippen molar-refractivity contribution in [1.29, 1.82) is 0 Å². The van der Waals surface area contributed by atoms with Gasteiger partial charge in [-0.2, -0.15) is 4.99 Å². The fourth-order valence-corrected chi connectivity index (χ4v) is 4.44. The van der Waals surface area contributed by atoms with E-state index in [1.165, 1.54) is 36.7 Å². The molecule has 0 aliphatic heterocycles. The molecule has 0 N–H and O–H groups in total. The Labute approximate surface area is 178 Å². The molecule has 156 valence electrons. The number of carbonyl (C=O) groups excluding carboxylic acids is 2. The van der Waals surface area contributed by atoms with Crippen molar-refractivity contribution in [3.8, 4) is 0 Å². The molecule has 11 heteroatoms. The van der Waals surface area contributed by atoms with Gasteiger partial charge < -0.3 is 14.0 Å². The van der Waals surface area contributed by atoms with Crippen molar-refractivity contribution < 1.29 is 24.0 Å². The molecule has 0 unspecified atom stereocenters. The Hall–Kier alpha value is -3.15. The molecule has 0 aliphatic rings. The van der Waals surface area contributed by atoms with Crippen molar-refractivity contribution in [2.75, 3.05) is 20.8 Å². The molecule has 9 nitrogen and oxygen atoms in total. The fraction of sp³-hybridized carbons (Fsp3) is 0.211. The van der Waals surface area contributed by atoms with E-state index >= 15 is 0 Å². The van der Waals surface area contributed by atoms with Gasteiger partial charge >= 0.3 is 11.0 Å². The Morgan fingerprint density at radius 2 is 2.03 bits per heavy atom. The standard InChI is InChI=1S/C19H17N3O6S2/c1-27-10-9-21-14-6-3-12(18(24)28-2)11-15(14)30-19(21)20-16(23)7-4-13-5-8-17(29-13)22(25)26/h3-8,11H,9-10H2,1-2H3. The van der Waals surface area contributed by atoms with E-state index in [9.17, 15) is 19.7 Å². The molecule has 0 fully saturated rings. The SMILES string of the molecule is COCCn1c(=NC(=O)C=Cc2ccc([N+](=O)[O-])s2)sc2cc(C(=O)OC)ccc21. The highest BCUT2D eigenvalue weighted by atomic mass is 32.1. The summed E-state index contributed by atoms with van der Waals surface area (Å²) in [5.41, 5.74) is 1.22. The van der Waals surface area contributed by atoms with E-state index in [4.69, 9.17) is 9.47 Å². The number of hydrogen-bond acceptors (Lipinski definition) is 8. The molecule has 0 spiro atoms. The summed E-state index contributed by atoms with van der Waals surface area (Å²) in [5, 5.41) is 10.8. The second-order valence-corrected chi connectivity index (χ2v) is 8.02. The normalized spacial score (nSPS) is 12.0. The van der Waals surface area contributed by atoms with Crippen molar-refractivity contribution in [2.24, 2.45) is 4.99 Å². The third-order valence-corrected chi connectivity index (χ3v) is 6.05. The van der Waals surface area contributed by atoms with E-state index in [-0.39, 0.29) is 5.00 Å². The average Bonchev–Trinajstić information content (AvgIpc) is 3.34. The van der Waals surface area contributed by atoms with Crippen LogP contribution in [0.3, 0.4) is 0 Å². The highest BCUT2D eigenvalue weighted by Crippen LogP contribution is 2.25. The number of carbonyl (C=O) groups is 2. The van der Waals surface area contributed by atoms with Crippen LogP contribution in [0.5, 0.6) is 0 Å². The molecule has 0 aliphatic carbocycles. The van der Waals surface area contributed by atoms with Crippen molar-refractivity contribution >= 4 is 55.8 Å². The minimum Gasteiger partial charge on any atom is -0.465 e. The number of rotatable bonds is 7. The van der Waals surface area contributed by atoms with Crippen LogP contribution >= 0.6 is 22.7 Å². The third kappa shape index (κ3) is 4.87. The number of thiophene rings is 1. The molecule has 2 heterocycles. The second kappa shape index (κ2) is 9.57. The monoisotopic (exact) mass is 447 g/mol. The summed E-state index contributed by atoms with van der Waals surface area (Å²) in [6.45, 7) is 0.891. The number of nitro groups is 1. The number of fused-ring (bicyclic) bond motifs is 1. The van der Waals surface area contributed by atoms with Crippen LogP contribution in [0, 0.1) is 10.1 Å². The Morgan fingerprint density at radius 3 is 2.70 bits per heavy atom. The first-order chi connectivity index (χ1) is 14.4. The number of hydrogen-bond donors (Lipinski definition) is 0. The van der Waals surface area contributed by atoms with Crippen LogP contribution in [-0.4, -0.2) is 42.2 Å². The zero-order valence-corrected chi connectivity index (χ0v) is 17.7. The Kier molecular flexibility index (Phi) is 6.87. The van der Waals surface area contributed by atoms with E-state index in [0.717, 1.165) is 21.6 Å². The molecule has 1 amide bonds. The first-order valence-corrected chi connectivity index (χ1v) is 10.3. The van der Waals surface area contributed by atoms with Gasteiger partial charge in [0.1, 0.15) is 0 Å². The van der Waals surface area contributed by atoms with Gasteiger partial charge in [-0.05, 0) is 30.3 Å². The number of nitrogens with zero attached hydrogens (tertiary/aromatic N) is 3. The Balaban J connectivity index is 1.95. The van der Waals surface area contributed by atoms with E-state index < -0.39 is 16.8 Å². The van der Waals surface area contributed by atoms with E-state index in [1.54, 1.807) is 31.4 Å². The van der Waals surface area contributed by atoms with Gasteiger partial charge in [-0.15, -0.1) is 0 Å². The highest BCUT2D eigenvalue weighted by Gasteiger charge is 2.12. The predicted octanol–water partition coefficient (Wildman–Crippen LogP) is 3.25. The Morgan fingerprint density at radius 1 is 1.23 bits per heavy atom. The molecule has 30 heavy (non-hydrogen) atoms. The van der Waals surface area contributed by atoms with Gasteiger partial charge in [0.25, 0.3) is 5.91 Å². The smallest absolute Gasteiger partial charge is 0.337 e. The molecule has 3 rings (SSSR count). The van der Waals surface area contributed by atoms with Gasteiger partial charge in [0, 0.05) is 30.7 Å². The van der Waals surface area contributed by atoms with Gasteiger partial charge in [-0.1, -0.05) is 22.7 Å². The van der Waals surface area contributed by atoms with E-state index in [2.05, 4.69) is 4.99 Å². The minimum atomic E-state index is -0.503. The van der Waals surface area contributed by atoms with Crippen LogP contribution in [0.25, 0.3) is 16.3 Å². The van der Waals surface area contributed by atoms with Gasteiger partial charge in [-0.25, -0.2) is 4.79 Å². The number of amides is 1. The summed E-state index contributed by atoms with van der Waals surface area (Å²) in [4.78, 5) is 39.6. The second-order valence-electron chi connectivity index (χ2n) is 5.92. The largest absolute Gasteiger partial charge is 0.465 e. The highest BCUT2D eigenvalue weighted by molar-refractivity contribution is 7.16. The summed E-state index contributed by atoms with van der Waals surface area (Å²) < 4.78 is 12.5. The molecule has 3 aromatic rings. The van der Waals surface area contributed by atoms with E-state index in [1.807, 2.05) is 4.57 Å². The number of methoxy groups -OCH3 is 2. The minimum absolute atomic E-state index is 0.00219. The van der Waals surface area contributed by atoms with Crippen LogP contribution in [0.4, 0.5) is 5.00 Å². The first-order valence-electron chi connectivity index (χ1n) is 8.64. The summed E-state index contributed by atoms with van der Waals surface area (Å²) >= 11 is 2.24. The van der Waals surface area contributed by atoms with Gasteiger partial charge in [0.2, 0.25) is 0 Å². The van der Waals surface area contributed by atoms with Crippen molar-refractivity contribution in [2.45, 2.75) is 6.54 Å². The molecule has 1 aromatic carbocycles. The van der Waals surface area contributed by atoms with Crippen LogP contribution in [-0.2, 0) is 20.8 Å². The zero-order chi connectivity index (χ0) is 21.7. The lowest BCUT2D eigenvalue weighted by Gasteiger charge is -2.04. The molecule has 0 atom stereocenters. The van der Waals surface area contributed by atoms with Crippen molar-refractivity contribution in [1.82, 2.24) is 4.57 Å². The average molecular weight is 447 g/mol. The number of thiazole rings is 1. The molecule has 2 aromatic heterocycles. The quantitative estimate of drug-likeness (QED) is 0.238. The maximum atomic E-state index is 12.4. The van der Waals surface area contributed by atoms with Crippen molar-refractivity contribution in [3.05, 3.63) is 61.8 Å². The molecule has 0 saturated heterocycles. The number of ether oxygens (including phenoxy) is 2.